The van der Waals surface area contributed by atoms with Gasteiger partial charge in [-0.05, 0) is 35.8 Å². The molecule has 3 heterocycles. The van der Waals surface area contributed by atoms with E-state index >= 15 is 0 Å². The normalized spacial score (nSPS) is 27.7. The van der Waals surface area contributed by atoms with Gasteiger partial charge in [0.25, 0.3) is 0 Å². The van der Waals surface area contributed by atoms with E-state index in [9.17, 15) is 13.6 Å². The summed E-state index contributed by atoms with van der Waals surface area (Å²) in [6.45, 7) is 2.94. The summed E-state index contributed by atoms with van der Waals surface area (Å²) in [5.74, 6) is 4.18. The van der Waals surface area contributed by atoms with Gasteiger partial charge in [-0.25, -0.2) is 13.6 Å². The lowest BCUT2D eigenvalue weighted by Crippen LogP contribution is -2.46. The summed E-state index contributed by atoms with van der Waals surface area (Å²) < 4.78 is 38.6. The van der Waals surface area contributed by atoms with Gasteiger partial charge in [-0.1, -0.05) is 5.22 Å². The molecule has 0 spiro atoms. The number of methoxy groups -OCH3 is 1. The van der Waals surface area contributed by atoms with Crippen LogP contribution in [0.3, 0.4) is 0 Å². The number of halogens is 2. The Hall–Kier alpha value is -2.59. The van der Waals surface area contributed by atoms with Crippen molar-refractivity contribution in [2.24, 2.45) is 16.2 Å². The molecule has 1 aromatic rings. The highest BCUT2D eigenvalue weighted by atomic mass is 19.1. The first kappa shape index (κ1) is 19.7. The summed E-state index contributed by atoms with van der Waals surface area (Å²) >= 11 is 0. The average Bonchev–Trinajstić information content (AvgIpc) is 3.29. The number of hydrogen-bond donors (Lipinski definition) is 1. The molecular weight excluding hydrogens is 384 g/mol. The van der Waals surface area contributed by atoms with Crippen LogP contribution in [0.15, 0.2) is 39.7 Å². The Morgan fingerprint density at radius 1 is 1.24 bits per heavy atom. The molecule has 0 bridgehead atoms. The number of carbonyl (C=O) groups excluding carboxylic acids is 1. The van der Waals surface area contributed by atoms with Crippen molar-refractivity contribution in [3.63, 3.8) is 0 Å². The van der Waals surface area contributed by atoms with Crippen LogP contribution in [0.2, 0.25) is 0 Å². The number of benzene rings is 1. The van der Waals surface area contributed by atoms with Gasteiger partial charge in [0.15, 0.2) is 0 Å². The summed E-state index contributed by atoms with van der Waals surface area (Å²) in [7, 11) is 1.38. The molecule has 0 radical (unpaired) electrons. The monoisotopic (exact) mass is 407 g/mol. The fourth-order valence-corrected chi connectivity index (χ4v) is 4.40. The van der Waals surface area contributed by atoms with Crippen LogP contribution in [0.1, 0.15) is 18.1 Å². The Balaban J connectivity index is 1.43. The minimum absolute atomic E-state index is 0.0375. The second-order valence-corrected chi connectivity index (χ2v) is 7.55. The quantitative estimate of drug-likeness (QED) is 0.359. The third-order valence-corrected chi connectivity index (χ3v) is 5.81. The third kappa shape index (κ3) is 3.82. The Morgan fingerprint density at radius 2 is 1.97 bits per heavy atom. The zero-order valence-corrected chi connectivity index (χ0v) is 16.1. The fourth-order valence-electron chi connectivity index (χ4n) is 4.40. The molecule has 156 valence electrons. The van der Waals surface area contributed by atoms with E-state index < -0.39 is 23.8 Å². The highest BCUT2D eigenvalue weighted by Gasteiger charge is 2.40. The van der Waals surface area contributed by atoms with E-state index in [0.29, 0.717) is 26.1 Å². The smallest absolute Gasteiger partial charge is 0.410 e. The number of amides is 1. The van der Waals surface area contributed by atoms with Crippen LogP contribution in [-0.4, -0.2) is 67.9 Å². The predicted octanol–water partition coefficient (Wildman–Crippen LogP) is 2.18. The van der Waals surface area contributed by atoms with Crippen molar-refractivity contribution in [2.75, 3.05) is 39.9 Å². The molecule has 4 rings (SSSR count). The number of ether oxygens (including phenoxy) is 2. The largest absolute Gasteiger partial charge is 0.453 e. The van der Waals surface area contributed by atoms with E-state index in [1.807, 2.05) is 0 Å². The zero-order chi connectivity index (χ0) is 20.5. The molecule has 1 aromatic carbocycles. The van der Waals surface area contributed by atoms with Gasteiger partial charge < -0.3 is 20.2 Å². The second kappa shape index (κ2) is 8.03. The van der Waals surface area contributed by atoms with Crippen LogP contribution in [0, 0.1) is 11.6 Å². The van der Waals surface area contributed by atoms with Crippen molar-refractivity contribution in [3.05, 3.63) is 46.5 Å². The van der Waals surface area contributed by atoms with Gasteiger partial charge in [0.05, 0.1) is 13.7 Å². The van der Waals surface area contributed by atoms with Crippen LogP contribution < -0.4 is 5.84 Å². The molecule has 29 heavy (non-hydrogen) atoms. The Morgan fingerprint density at radius 3 is 2.62 bits per heavy atom. The minimum atomic E-state index is -0.744. The molecule has 0 saturated carbocycles. The number of hydrogen-bond acceptors (Lipinski definition) is 6. The molecule has 1 amide bonds. The molecule has 2 N–H and O–H groups in total. The lowest BCUT2D eigenvalue weighted by molar-refractivity contribution is -0.0479. The maximum Gasteiger partial charge on any atom is 0.410 e. The highest BCUT2D eigenvalue weighted by molar-refractivity contribution is 5.69. The maximum absolute atomic E-state index is 14.2. The molecule has 0 aromatic heterocycles. The second-order valence-electron chi connectivity index (χ2n) is 7.55. The van der Waals surface area contributed by atoms with Crippen molar-refractivity contribution in [2.45, 2.75) is 24.6 Å². The number of nitrogens with two attached hydrogens (primary N) is 1. The molecule has 8 nitrogen and oxygen atoms in total. The summed E-state index contributed by atoms with van der Waals surface area (Å²) in [5, 5.41) is 7.42. The maximum atomic E-state index is 14.2. The molecule has 0 aliphatic carbocycles. The van der Waals surface area contributed by atoms with Crippen LogP contribution in [0.25, 0.3) is 0 Å². The lowest BCUT2D eigenvalue weighted by Gasteiger charge is -2.38. The van der Waals surface area contributed by atoms with Gasteiger partial charge in [-0.15, -0.1) is 0 Å². The highest BCUT2D eigenvalue weighted by Crippen LogP contribution is 2.36. The summed E-state index contributed by atoms with van der Waals surface area (Å²) in [6.07, 6.45) is -0.510. The van der Waals surface area contributed by atoms with E-state index in [1.165, 1.54) is 18.3 Å². The molecular formula is C19H23F2N5O3. The molecule has 10 heteroatoms. The molecule has 1 saturated heterocycles. The van der Waals surface area contributed by atoms with Crippen LogP contribution in [0.5, 0.6) is 0 Å². The van der Waals surface area contributed by atoms with Crippen molar-refractivity contribution in [1.29, 1.82) is 0 Å². The SMILES string of the molecule is COC(=O)N1CC2=C(C1)CN([C@H]1CO[C@H](c3cc(F)ccc3F)[C@@H](N=NN)C1)C2. The number of rotatable bonds is 3. The standard InChI is InChI=1S/C19H23F2N5O3/c1-28-19(27)26-8-11-6-25(7-12(11)9-26)14-5-17(23-24-22)18(29-10-14)15-4-13(20)2-3-16(15)21/h2-4,14,17-18H,5-10H2,1H3,(H2,22,23)/t14-,17+,18-/m1/s1. The molecule has 3 aliphatic heterocycles. The first-order valence-electron chi connectivity index (χ1n) is 9.43. The topological polar surface area (TPSA) is 92.8 Å². The number of nitrogens with zero attached hydrogens (tertiary/aromatic N) is 4. The summed E-state index contributed by atoms with van der Waals surface area (Å²) in [4.78, 5) is 15.7. The third-order valence-electron chi connectivity index (χ3n) is 5.81. The molecule has 3 atom stereocenters. The fraction of sp³-hybridized carbons (Fsp3) is 0.526. The molecule has 0 unspecified atom stereocenters. The van der Waals surface area contributed by atoms with Crippen LogP contribution in [-0.2, 0) is 9.47 Å². The number of carbonyl (C=O) groups is 1. The molecule has 1 fully saturated rings. The van der Waals surface area contributed by atoms with Crippen molar-refractivity contribution in [1.82, 2.24) is 9.80 Å². The van der Waals surface area contributed by atoms with E-state index in [4.69, 9.17) is 15.3 Å². The Kier molecular flexibility index (Phi) is 5.46. The van der Waals surface area contributed by atoms with E-state index in [0.717, 1.165) is 31.3 Å². The summed E-state index contributed by atoms with van der Waals surface area (Å²) in [5.41, 5.74) is 2.55. The molecule has 3 aliphatic rings. The summed E-state index contributed by atoms with van der Waals surface area (Å²) in [6, 6.07) is 2.80. The van der Waals surface area contributed by atoms with Gasteiger partial charge in [-0.3, -0.25) is 4.90 Å². The predicted molar refractivity (Wildman–Crippen MR) is 98.9 cm³/mol. The van der Waals surface area contributed by atoms with Gasteiger partial charge in [0, 0.05) is 37.8 Å². The zero-order valence-electron chi connectivity index (χ0n) is 16.1. The Bertz CT molecular complexity index is 844. The van der Waals surface area contributed by atoms with E-state index in [2.05, 4.69) is 15.2 Å². The van der Waals surface area contributed by atoms with E-state index in [-0.39, 0.29) is 17.7 Å². The average molecular weight is 407 g/mol. The first-order chi connectivity index (χ1) is 14.0. The lowest BCUT2D eigenvalue weighted by atomic mass is 9.93. The van der Waals surface area contributed by atoms with Crippen molar-refractivity contribution >= 4 is 6.09 Å². The van der Waals surface area contributed by atoms with Crippen LogP contribution in [0.4, 0.5) is 13.6 Å². The minimum Gasteiger partial charge on any atom is -0.453 e. The van der Waals surface area contributed by atoms with Crippen molar-refractivity contribution < 1.29 is 23.0 Å². The van der Waals surface area contributed by atoms with Crippen molar-refractivity contribution in [3.8, 4) is 0 Å². The first-order valence-corrected chi connectivity index (χ1v) is 9.43. The Labute approximate surface area is 166 Å². The van der Waals surface area contributed by atoms with Gasteiger partial charge in [0.2, 0.25) is 0 Å². The van der Waals surface area contributed by atoms with Gasteiger partial charge in [-0.2, -0.15) is 5.11 Å². The van der Waals surface area contributed by atoms with Gasteiger partial charge in [0.1, 0.15) is 23.8 Å². The van der Waals surface area contributed by atoms with E-state index in [1.54, 1.807) is 4.90 Å². The van der Waals surface area contributed by atoms with Crippen LogP contribution >= 0.6 is 0 Å². The van der Waals surface area contributed by atoms with Gasteiger partial charge >= 0.3 is 6.09 Å².